The Balaban J connectivity index is 2.98. The predicted molar refractivity (Wildman–Crippen MR) is 81.1 cm³/mol. The van der Waals surface area contributed by atoms with Gasteiger partial charge in [-0.05, 0) is 30.2 Å². The van der Waals surface area contributed by atoms with Gasteiger partial charge in [-0.2, -0.15) is 0 Å². The lowest BCUT2D eigenvalue weighted by atomic mass is 10.0. The molecule has 2 N–H and O–H groups in total. The molecule has 1 heterocycles. The van der Waals surface area contributed by atoms with E-state index in [9.17, 15) is 13.2 Å². The molecule has 0 spiro atoms. The zero-order valence-corrected chi connectivity index (χ0v) is 14.0. The molecule has 0 saturated heterocycles. The number of methoxy groups -OCH3 is 1. The molecule has 0 aromatic carbocycles. The Morgan fingerprint density at radius 1 is 1.52 bits per heavy atom. The lowest BCUT2D eigenvalue weighted by molar-refractivity contribution is 0.0602. The van der Waals surface area contributed by atoms with Crippen LogP contribution in [0.2, 0.25) is 0 Å². The molecule has 120 valence electrons. The third kappa shape index (κ3) is 4.50. The second-order valence-corrected chi connectivity index (χ2v) is 7.29. The fourth-order valence-electron chi connectivity index (χ4n) is 1.93. The molecule has 0 aliphatic rings. The number of nitrogens with one attached hydrogen (secondary N) is 1. The Hall–Kier alpha value is -0.960. The van der Waals surface area contributed by atoms with E-state index < -0.39 is 16.0 Å². The fraction of sp³-hybridized carbons (Fsp3) is 0.615. The van der Waals surface area contributed by atoms with Gasteiger partial charge in [0.05, 0.1) is 7.11 Å². The van der Waals surface area contributed by atoms with Gasteiger partial charge in [0.25, 0.3) is 0 Å². The maximum Gasteiger partial charge on any atom is 0.349 e. The van der Waals surface area contributed by atoms with Crippen molar-refractivity contribution in [2.75, 3.05) is 20.3 Å². The molecular weight excluding hydrogens is 314 g/mol. The number of thiophene rings is 1. The highest BCUT2D eigenvalue weighted by atomic mass is 32.2. The van der Waals surface area contributed by atoms with Crippen molar-refractivity contribution in [3.05, 3.63) is 15.8 Å². The Morgan fingerprint density at radius 2 is 2.19 bits per heavy atom. The van der Waals surface area contributed by atoms with E-state index in [1.807, 2.05) is 6.92 Å². The number of hydrogen-bond acceptors (Lipinski definition) is 6. The smallest absolute Gasteiger partial charge is 0.349 e. The summed E-state index contributed by atoms with van der Waals surface area (Å²) in [4.78, 5) is 11.7. The Morgan fingerprint density at radius 3 is 2.71 bits per heavy atom. The van der Waals surface area contributed by atoms with Gasteiger partial charge >= 0.3 is 5.97 Å². The van der Waals surface area contributed by atoms with Gasteiger partial charge in [0.15, 0.2) is 0 Å². The van der Waals surface area contributed by atoms with Crippen LogP contribution in [0.1, 0.15) is 35.0 Å². The number of carbonyl (C=O) groups is 1. The largest absolute Gasteiger partial charge is 0.465 e. The van der Waals surface area contributed by atoms with E-state index in [-0.39, 0.29) is 28.8 Å². The van der Waals surface area contributed by atoms with Gasteiger partial charge in [0.2, 0.25) is 10.0 Å². The maximum absolute atomic E-state index is 12.4. The molecule has 1 atom stereocenters. The van der Waals surface area contributed by atoms with Gasteiger partial charge in [0, 0.05) is 13.2 Å². The van der Waals surface area contributed by atoms with Crippen LogP contribution in [0.25, 0.3) is 0 Å². The summed E-state index contributed by atoms with van der Waals surface area (Å²) in [5.41, 5.74) is 0.517. The Bertz CT molecular complexity index is 579. The van der Waals surface area contributed by atoms with Crippen LogP contribution in [0.4, 0.5) is 0 Å². The second-order valence-electron chi connectivity index (χ2n) is 4.71. The van der Waals surface area contributed by atoms with Crippen molar-refractivity contribution in [3.63, 3.8) is 0 Å². The quantitative estimate of drug-likeness (QED) is 0.703. The van der Waals surface area contributed by atoms with Crippen molar-refractivity contribution < 1.29 is 23.1 Å². The van der Waals surface area contributed by atoms with Crippen LogP contribution in [-0.2, 0) is 14.8 Å². The fourth-order valence-corrected chi connectivity index (χ4v) is 4.75. The molecule has 1 unspecified atom stereocenters. The van der Waals surface area contributed by atoms with Crippen LogP contribution in [0.15, 0.2) is 10.3 Å². The first-order chi connectivity index (χ1) is 9.87. The van der Waals surface area contributed by atoms with Crippen LogP contribution in [0.3, 0.4) is 0 Å². The molecule has 0 bridgehead atoms. The topological polar surface area (TPSA) is 92.7 Å². The van der Waals surface area contributed by atoms with Crippen LogP contribution in [-0.4, -0.2) is 39.8 Å². The minimum Gasteiger partial charge on any atom is -0.465 e. The van der Waals surface area contributed by atoms with E-state index in [1.165, 1.54) is 7.11 Å². The number of sulfonamides is 1. The molecule has 1 aromatic rings. The number of esters is 1. The van der Waals surface area contributed by atoms with E-state index in [1.54, 1.807) is 12.3 Å². The lowest BCUT2D eigenvalue weighted by Crippen LogP contribution is -2.30. The maximum atomic E-state index is 12.4. The molecule has 8 heteroatoms. The summed E-state index contributed by atoms with van der Waals surface area (Å²) in [6, 6.07) is 0. The van der Waals surface area contributed by atoms with E-state index in [0.717, 1.165) is 17.8 Å². The first kappa shape index (κ1) is 18.1. The van der Waals surface area contributed by atoms with Crippen molar-refractivity contribution in [1.82, 2.24) is 4.72 Å². The highest BCUT2D eigenvalue weighted by Crippen LogP contribution is 2.27. The normalized spacial score (nSPS) is 13.1. The van der Waals surface area contributed by atoms with Gasteiger partial charge in [0.1, 0.15) is 9.77 Å². The van der Waals surface area contributed by atoms with E-state index in [2.05, 4.69) is 9.46 Å². The summed E-state index contributed by atoms with van der Waals surface area (Å²) in [7, 11) is -2.56. The standard InChI is InChI=1S/C13H21NO5S2/c1-4-10(5-6-15)7-14-21(17,18)12-9(2)8-20-11(12)13(16)19-3/h8,10,14-15H,4-7H2,1-3H3. The van der Waals surface area contributed by atoms with Gasteiger partial charge in [-0.1, -0.05) is 13.3 Å². The van der Waals surface area contributed by atoms with Crippen LogP contribution >= 0.6 is 11.3 Å². The molecule has 1 rings (SSSR count). The van der Waals surface area contributed by atoms with E-state index in [0.29, 0.717) is 12.0 Å². The third-order valence-corrected chi connectivity index (χ3v) is 6.05. The number of ether oxygens (including phenoxy) is 1. The summed E-state index contributed by atoms with van der Waals surface area (Å²) >= 11 is 1.05. The monoisotopic (exact) mass is 335 g/mol. The van der Waals surface area contributed by atoms with Gasteiger partial charge < -0.3 is 9.84 Å². The number of aliphatic hydroxyl groups is 1. The zero-order chi connectivity index (χ0) is 16.0. The molecule has 0 radical (unpaired) electrons. The summed E-state index contributed by atoms with van der Waals surface area (Å²) in [6.07, 6.45) is 1.29. The Kier molecular flexibility index (Phi) is 6.79. The summed E-state index contributed by atoms with van der Waals surface area (Å²) in [5, 5.41) is 10.6. The van der Waals surface area contributed by atoms with E-state index >= 15 is 0 Å². The van der Waals surface area contributed by atoms with Crippen molar-refractivity contribution in [2.45, 2.75) is 31.6 Å². The summed E-state index contributed by atoms with van der Waals surface area (Å²) in [5.74, 6) is -0.596. The predicted octanol–water partition coefficient (Wildman–Crippen LogP) is 1.53. The minimum atomic E-state index is -3.78. The summed E-state index contributed by atoms with van der Waals surface area (Å²) < 4.78 is 31.9. The number of carbonyl (C=O) groups excluding carboxylic acids is 1. The molecule has 0 aliphatic heterocycles. The van der Waals surface area contributed by atoms with Gasteiger partial charge in [-0.15, -0.1) is 11.3 Å². The van der Waals surface area contributed by atoms with Gasteiger partial charge in [-0.3, -0.25) is 0 Å². The first-order valence-electron chi connectivity index (χ1n) is 6.64. The number of aryl methyl sites for hydroxylation is 1. The molecule has 6 nitrogen and oxygen atoms in total. The molecule has 0 saturated carbocycles. The van der Waals surface area contributed by atoms with Crippen molar-refractivity contribution >= 4 is 27.3 Å². The second kappa shape index (κ2) is 7.88. The lowest BCUT2D eigenvalue weighted by Gasteiger charge is -2.15. The van der Waals surface area contributed by atoms with Crippen molar-refractivity contribution in [2.24, 2.45) is 5.92 Å². The highest BCUT2D eigenvalue weighted by Gasteiger charge is 2.27. The minimum absolute atomic E-state index is 0.0156. The third-order valence-electron chi connectivity index (χ3n) is 3.23. The number of hydrogen-bond donors (Lipinski definition) is 2. The molecule has 21 heavy (non-hydrogen) atoms. The molecule has 0 amide bonds. The van der Waals surface area contributed by atoms with Crippen LogP contribution in [0.5, 0.6) is 0 Å². The molecule has 0 aliphatic carbocycles. The molecule has 1 aromatic heterocycles. The van der Waals surface area contributed by atoms with Crippen LogP contribution < -0.4 is 4.72 Å². The average Bonchev–Trinajstić information content (AvgIpc) is 2.85. The SMILES string of the molecule is CCC(CCO)CNS(=O)(=O)c1c(C)csc1C(=O)OC. The number of aliphatic hydroxyl groups excluding tert-OH is 1. The first-order valence-corrected chi connectivity index (χ1v) is 9.00. The molecular formula is C13H21NO5S2. The summed E-state index contributed by atoms with van der Waals surface area (Å²) in [6.45, 7) is 3.83. The van der Waals surface area contributed by atoms with Crippen molar-refractivity contribution in [1.29, 1.82) is 0 Å². The molecule has 0 fully saturated rings. The Labute approximate surface area is 129 Å². The number of rotatable bonds is 8. The van der Waals surface area contributed by atoms with E-state index in [4.69, 9.17) is 5.11 Å². The van der Waals surface area contributed by atoms with Crippen molar-refractivity contribution in [3.8, 4) is 0 Å². The van der Waals surface area contributed by atoms with Gasteiger partial charge in [-0.25, -0.2) is 17.9 Å². The zero-order valence-electron chi connectivity index (χ0n) is 12.4. The average molecular weight is 335 g/mol. The highest BCUT2D eigenvalue weighted by molar-refractivity contribution is 7.89. The van der Waals surface area contributed by atoms with Crippen LogP contribution in [0, 0.1) is 12.8 Å².